The Morgan fingerprint density at radius 2 is 1.68 bits per heavy atom. The van der Waals surface area contributed by atoms with E-state index < -0.39 is 10.0 Å². The Labute approximate surface area is 132 Å². The molecular weight excluding hydrogens is 298 g/mol. The van der Waals surface area contributed by atoms with E-state index in [9.17, 15) is 8.42 Å². The summed E-state index contributed by atoms with van der Waals surface area (Å²) in [4.78, 5) is 0.227. The smallest absolute Gasteiger partial charge is 0.241 e. The van der Waals surface area contributed by atoms with Crippen molar-refractivity contribution in [2.75, 3.05) is 7.11 Å². The Morgan fingerprint density at radius 3 is 2.23 bits per heavy atom. The normalized spacial score (nSPS) is 12.9. The summed E-state index contributed by atoms with van der Waals surface area (Å²) in [5.74, 6) is 0.626. The van der Waals surface area contributed by atoms with E-state index >= 15 is 0 Å². The van der Waals surface area contributed by atoms with E-state index in [0.717, 1.165) is 16.7 Å². The van der Waals surface area contributed by atoms with Crippen LogP contribution in [0, 0.1) is 13.8 Å². The third-order valence-electron chi connectivity index (χ3n) is 3.59. The Morgan fingerprint density at radius 1 is 1.05 bits per heavy atom. The largest absolute Gasteiger partial charge is 0.497 e. The maximum atomic E-state index is 12.4. The van der Waals surface area contributed by atoms with Gasteiger partial charge < -0.3 is 4.74 Å². The van der Waals surface area contributed by atoms with Crippen LogP contribution in [0.1, 0.15) is 29.7 Å². The fraction of sp³-hybridized carbons (Fsp3) is 0.294. The Kier molecular flexibility index (Phi) is 4.88. The van der Waals surface area contributed by atoms with Crippen LogP contribution in [-0.4, -0.2) is 15.5 Å². The first kappa shape index (κ1) is 16.5. The van der Waals surface area contributed by atoms with Gasteiger partial charge in [0.05, 0.1) is 12.0 Å². The van der Waals surface area contributed by atoms with Crippen molar-refractivity contribution in [3.63, 3.8) is 0 Å². The van der Waals surface area contributed by atoms with Crippen molar-refractivity contribution >= 4 is 10.0 Å². The molecule has 0 saturated heterocycles. The average Bonchev–Trinajstić information content (AvgIpc) is 2.46. The zero-order chi connectivity index (χ0) is 16.3. The Balaban J connectivity index is 2.23. The van der Waals surface area contributed by atoms with Crippen molar-refractivity contribution < 1.29 is 13.2 Å². The van der Waals surface area contributed by atoms with E-state index in [1.165, 1.54) is 12.1 Å². The van der Waals surface area contributed by atoms with Crippen LogP contribution >= 0.6 is 0 Å². The highest BCUT2D eigenvalue weighted by Crippen LogP contribution is 2.22. The number of nitrogens with one attached hydrogen (secondary N) is 1. The van der Waals surface area contributed by atoms with Crippen LogP contribution in [0.15, 0.2) is 47.4 Å². The number of sulfonamides is 1. The standard InChI is InChI=1S/C17H21NO3S/c1-12-5-10-17(13(2)11-12)14(3)18-22(19,20)16-8-6-15(21-4)7-9-16/h5-11,14,18H,1-4H3/t14-/m1/s1. The Bertz CT molecular complexity index is 752. The number of hydrogen-bond donors (Lipinski definition) is 1. The molecule has 0 bridgehead atoms. The van der Waals surface area contributed by atoms with Crippen LogP contribution in [0.5, 0.6) is 5.75 Å². The summed E-state index contributed by atoms with van der Waals surface area (Å²) in [5.41, 5.74) is 3.21. The predicted molar refractivity (Wildman–Crippen MR) is 87.6 cm³/mol. The SMILES string of the molecule is COc1ccc(S(=O)(=O)N[C@H](C)c2ccc(C)cc2C)cc1. The minimum atomic E-state index is -3.57. The molecule has 4 nitrogen and oxygen atoms in total. The fourth-order valence-electron chi connectivity index (χ4n) is 2.43. The maximum Gasteiger partial charge on any atom is 0.241 e. The molecule has 0 fully saturated rings. The zero-order valence-electron chi connectivity index (χ0n) is 13.3. The summed E-state index contributed by atoms with van der Waals surface area (Å²) >= 11 is 0. The molecule has 118 valence electrons. The van der Waals surface area contributed by atoms with Gasteiger partial charge in [0, 0.05) is 6.04 Å². The molecule has 0 aliphatic carbocycles. The quantitative estimate of drug-likeness (QED) is 0.919. The molecule has 0 amide bonds. The number of ether oxygens (including phenoxy) is 1. The predicted octanol–water partition coefficient (Wildman–Crippen LogP) is 3.35. The van der Waals surface area contributed by atoms with Gasteiger partial charge in [0.15, 0.2) is 0 Å². The molecule has 0 spiro atoms. The molecule has 22 heavy (non-hydrogen) atoms. The van der Waals surface area contributed by atoms with Crippen LogP contribution in [-0.2, 0) is 10.0 Å². The van der Waals surface area contributed by atoms with Crippen molar-refractivity contribution in [1.29, 1.82) is 0 Å². The van der Waals surface area contributed by atoms with E-state index in [0.29, 0.717) is 5.75 Å². The van der Waals surface area contributed by atoms with Gasteiger partial charge in [-0.3, -0.25) is 0 Å². The van der Waals surface area contributed by atoms with Crippen molar-refractivity contribution in [1.82, 2.24) is 4.72 Å². The number of methoxy groups -OCH3 is 1. The lowest BCUT2D eigenvalue weighted by molar-refractivity contribution is 0.414. The van der Waals surface area contributed by atoms with Crippen LogP contribution in [0.4, 0.5) is 0 Å². The minimum Gasteiger partial charge on any atom is -0.497 e. The van der Waals surface area contributed by atoms with Crippen molar-refractivity contribution in [3.05, 3.63) is 59.2 Å². The van der Waals surface area contributed by atoms with E-state index in [1.54, 1.807) is 19.2 Å². The van der Waals surface area contributed by atoms with Gasteiger partial charge in [-0.15, -0.1) is 0 Å². The molecule has 5 heteroatoms. The maximum absolute atomic E-state index is 12.4. The summed E-state index contributed by atoms with van der Waals surface area (Å²) < 4.78 is 32.6. The van der Waals surface area contributed by atoms with Crippen LogP contribution in [0.2, 0.25) is 0 Å². The van der Waals surface area contributed by atoms with E-state index in [2.05, 4.69) is 4.72 Å². The second-order valence-electron chi connectivity index (χ2n) is 5.38. The first-order valence-corrected chi connectivity index (χ1v) is 8.55. The molecule has 2 rings (SSSR count). The lowest BCUT2D eigenvalue weighted by Gasteiger charge is -2.17. The zero-order valence-corrected chi connectivity index (χ0v) is 14.1. The molecule has 1 N–H and O–H groups in total. The first-order chi connectivity index (χ1) is 10.3. The van der Waals surface area contributed by atoms with E-state index in [4.69, 9.17) is 4.74 Å². The van der Waals surface area contributed by atoms with Gasteiger partial charge in [-0.05, 0) is 56.2 Å². The minimum absolute atomic E-state index is 0.227. The van der Waals surface area contributed by atoms with Crippen LogP contribution < -0.4 is 9.46 Å². The summed E-state index contributed by atoms with van der Waals surface area (Å²) in [6.07, 6.45) is 0. The Hall–Kier alpha value is -1.85. The van der Waals surface area contributed by atoms with Gasteiger partial charge in [0.25, 0.3) is 0 Å². The average molecular weight is 319 g/mol. The van der Waals surface area contributed by atoms with E-state index in [1.807, 2.05) is 39.0 Å². The molecule has 1 atom stereocenters. The molecule has 0 radical (unpaired) electrons. The van der Waals surface area contributed by atoms with Gasteiger partial charge in [0.1, 0.15) is 5.75 Å². The third-order valence-corrected chi connectivity index (χ3v) is 5.15. The molecule has 0 aliphatic heterocycles. The highest BCUT2D eigenvalue weighted by atomic mass is 32.2. The van der Waals surface area contributed by atoms with E-state index in [-0.39, 0.29) is 10.9 Å². The molecule has 0 aliphatic rings. The second kappa shape index (κ2) is 6.50. The lowest BCUT2D eigenvalue weighted by atomic mass is 10.0. The summed E-state index contributed by atoms with van der Waals surface area (Å²) in [6, 6.07) is 12.0. The van der Waals surface area contributed by atoms with Crippen molar-refractivity contribution in [3.8, 4) is 5.75 Å². The van der Waals surface area contributed by atoms with Gasteiger partial charge in [-0.1, -0.05) is 23.8 Å². The summed E-state index contributed by atoms with van der Waals surface area (Å²) in [6.45, 7) is 5.85. The van der Waals surface area contributed by atoms with Gasteiger partial charge in [0.2, 0.25) is 10.0 Å². The highest BCUT2D eigenvalue weighted by Gasteiger charge is 2.19. The topological polar surface area (TPSA) is 55.4 Å². The van der Waals surface area contributed by atoms with Crippen molar-refractivity contribution in [2.24, 2.45) is 0 Å². The van der Waals surface area contributed by atoms with Gasteiger partial charge in [-0.2, -0.15) is 0 Å². The molecule has 0 heterocycles. The monoisotopic (exact) mass is 319 g/mol. The number of hydrogen-bond acceptors (Lipinski definition) is 3. The van der Waals surface area contributed by atoms with Crippen molar-refractivity contribution in [2.45, 2.75) is 31.7 Å². The van der Waals surface area contributed by atoms with Gasteiger partial charge in [-0.25, -0.2) is 13.1 Å². The highest BCUT2D eigenvalue weighted by molar-refractivity contribution is 7.89. The molecular formula is C17H21NO3S. The number of rotatable bonds is 5. The molecule has 0 saturated carbocycles. The summed E-state index contributed by atoms with van der Waals surface area (Å²) in [7, 11) is -2.02. The summed E-state index contributed by atoms with van der Waals surface area (Å²) in [5, 5.41) is 0. The fourth-order valence-corrected chi connectivity index (χ4v) is 3.65. The third kappa shape index (κ3) is 3.67. The molecule has 2 aromatic rings. The molecule has 0 aromatic heterocycles. The first-order valence-electron chi connectivity index (χ1n) is 7.07. The molecule has 0 unspecified atom stereocenters. The van der Waals surface area contributed by atoms with Crippen LogP contribution in [0.3, 0.4) is 0 Å². The number of aryl methyl sites for hydroxylation is 2. The van der Waals surface area contributed by atoms with Crippen LogP contribution in [0.25, 0.3) is 0 Å². The molecule has 2 aromatic carbocycles. The lowest BCUT2D eigenvalue weighted by Crippen LogP contribution is -2.27. The number of benzene rings is 2. The van der Waals surface area contributed by atoms with Gasteiger partial charge >= 0.3 is 0 Å². The second-order valence-corrected chi connectivity index (χ2v) is 7.09.